The number of halogens is 1. The topological polar surface area (TPSA) is 18.5 Å². The summed E-state index contributed by atoms with van der Waals surface area (Å²) < 4.78 is 10.4. The second-order valence-electron chi connectivity index (χ2n) is 2.06. The van der Waals surface area contributed by atoms with E-state index in [9.17, 15) is 0 Å². The van der Waals surface area contributed by atoms with Crippen LogP contribution in [0, 0.1) is 12.3 Å². The molecule has 0 aromatic carbocycles. The molecule has 2 nitrogen and oxygen atoms in total. The molecule has 56 valence electrons. The van der Waals surface area contributed by atoms with Gasteiger partial charge in [0, 0.05) is 0 Å². The zero-order valence-electron chi connectivity index (χ0n) is 5.55. The summed E-state index contributed by atoms with van der Waals surface area (Å²) in [5.74, 6) is 2.39. The predicted molar refractivity (Wildman–Crippen MR) is 41.9 cm³/mol. The van der Waals surface area contributed by atoms with E-state index in [1.54, 1.807) is 0 Å². The van der Waals surface area contributed by atoms with Gasteiger partial charge in [-0.25, -0.2) is 0 Å². The normalized spacial score (nSPS) is 32.0. The number of hydrogen-bond acceptors (Lipinski definition) is 2. The molecule has 3 heteroatoms. The van der Waals surface area contributed by atoms with Crippen molar-refractivity contribution in [1.29, 1.82) is 0 Å². The summed E-state index contributed by atoms with van der Waals surface area (Å²) in [6.07, 6.45) is 5.86. The third-order valence-corrected chi connectivity index (χ3v) is 2.19. The first-order valence-corrected chi connectivity index (χ1v) is 4.07. The zero-order valence-corrected chi connectivity index (χ0v) is 7.13. The lowest BCUT2D eigenvalue weighted by molar-refractivity contribution is -0.0961. The van der Waals surface area contributed by atoms with Crippen LogP contribution in [0.5, 0.6) is 0 Å². The van der Waals surface area contributed by atoms with E-state index in [0.29, 0.717) is 11.4 Å². The second-order valence-corrected chi connectivity index (χ2v) is 3.24. The van der Waals surface area contributed by atoms with Crippen LogP contribution in [-0.2, 0) is 9.47 Å². The summed E-state index contributed by atoms with van der Waals surface area (Å²) in [5.41, 5.74) is 0. The maximum absolute atomic E-state index is 5.20. The van der Waals surface area contributed by atoms with E-state index in [-0.39, 0.29) is 6.29 Å². The molecule has 0 bridgehead atoms. The highest BCUT2D eigenvalue weighted by atomic mass is 79.9. The van der Waals surface area contributed by atoms with E-state index in [1.807, 2.05) is 0 Å². The van der Waals surface area contributed by atoms with E-state index >= 15 is 0 Å². The molecule has 2 atom stereocenters. The Morgan fingerprint density at radius 1 is 1.80 bits per heavy atom. The van der Waals surface area contributed by atoms with Gasteiger partial charge in [-0.2, -0.15) is 0 Å². The quantitative estimate of drug-likeness (QED) is 0.497. The summed E-state index contributed by atoms with van der Waals surface area (Å²) >= 11 is 3.42. The molecule has 0 saturated carbocycles. The highest BCUT2D eigenvalue weighted by molar-refractivity contribution is 9.09. The molecule has 0 amide bonds. The number of hydrogen-bond donors (Lipinski definition) is 0. The van der Waals surface area contributed by atoms with Crippen LogP contribution in [0.15, 0.2) is 0 Å². The van der Waals surface area contributed by atoms with Gasteiger partial charge in [-0.3, -0.25) is 0 Å². The van der Waals surface area contributed by atoms with Gasteiger partial charge in [0.05, 0.1) is 11.4 Å². The molecule has 0 N–H and O–H groups in total. The van der Waals surface area contributed by atoms with Crippen LogP contribution < -0.4 is 0 Å². The third kappa shape index (κ3) is 1.98. The Bertz CT molecular complexity index is 141. The highest BCUT2D eigenvalue weighted by Gasteiger charge is 2.25. The van der Waals surface area contributed by atoms with Gasteiger partial charge in [0.15, 0.2) is 6.29 Å². The summed E-state index contributed by atoms with van der Waals surface area (Å²) in [4.78, 5) is 0.306. The lowest BCUT2D eigenvalue weighted by atomic mass is 10.4. The van der Waals surface area contributed by atoms with Gasteiger partial charge in [-0.15, -0.1) is 6.42 Å². The Kier molecular flexibility index (Phi) is 3.20. The fourth-order valence-electron chi connectivity index (χ4n) is 0.820. The molecular weight excluding hydrogens is 196 g/mol. The van der Waals surface area contributed by atoms with Crippen molar-refractivity contribution >= 4 is 15.9 Å². The summed E-state index contributed by atoms with van der Waals surface area (Å²) in [5, 5.41) is 0. The van der Waals surface area contributed by atoms with Gasteiger partial charge in [0.2, 0.25) is 0 Å². The van der Waals surface area contributed by atoms with Crippen LogP contribution in [0.2, 0.25) is 0 Å². The fourth-order valence-corrected chi connectivity index (χ4v) is 1.31. The largest absolute Gasteiger partial charge is 0.351 e. The van der Waals surface area contributed by atoms with E-state index in [0.717, 1.165) is 13.0 Å². The molecule has 1 heterocycles. The van der Waals surface area contributed by atoms with Crippen LogP contribution in [0.25, 0.3) is 0 Å². The first-order chi connectivity index (χ1) is 4.84. The Hall–Kier alpha value is -0.0400. The Morgan fingerprint density at radius 2 is 2.60 bits per heavy atom. The predicted octanol–water partition coefficient (Wildman–Crippen LogP) is 1.15. The number of terminal acetylenes is 1. The summed E-state index contributed by atoms with van der Waals surface area (Å²) in [6.45, 7) is 1.08. The lowest BCUT2D eigenvalue weighted by Crippen LogP contribution is -2.19. The molecule has 1 fully saturated rings. The van der Waals surface area contributed by atoms with Crippen molar-refractivity contribution in [1.82, 2.24) is 0 Å². The Balaban J connectivity index is 2.21. The van der Waals surface area contributed by atoms with Crippen molar-refractivity contribution in [3.05, 3.63) is 0 Å². The van der Waals surface area contributed by atoms with Gasteiger partial charge in [-0.05, 0) is 6.42 Å². The molecule has 1 saturated heterocycles. The molecule has 1 aliphatic heterocycles. The van der Waals surface area contributed by atoms with Crippen LogP contribution in [-0.4, -0.2) is 24.3 Å². The zero-order chi connectivity index (χ0) is 7.40. The molecule has 0 aromatic rings. The molecule has 10 heavy (non-hydrogen) atoms. The SMILES string of the molecule is C#CCO[C@H]1OCC[C@@H]1Br. The van der Waals surface area contributed by atoms with Crippen molar-refractivity contribution in [3.63, 3.8) is 0 Å². The minimum atomic E-state index is -0.143. The van der Waals surface area contributed by atoms with Gasteiger partial charge >= 0.3 is 0 Å². The lowest BCUT2D eigenvalue weighted by Gasteiger charge is -2.11. The molecule has 0 unspecified atom stereocenters. The smallest absolute Gasteiger partial charge is 0.171 e. The van der Waals surface area contributed by atoms with E-state index in [1.165, 1.54) is 0 Å². The van der Waals surface area contributed by atoms with Crippen LogP contribution in [0.3, 0.4) is 0 Å². The number of alkyl halides is 1. The van der Waals surface area contributed by atoms with Crippen molar-refractivity contribution in [3.8, 4) is 12.3 Å². The summed E-state index contributed by atoms with van der Waals surface area (Å²) in [6, 6.07) is 0. The molecule has 1 aliphatic rings. The Labute approximate surface area is 69.0 Å². The minimum absolute atomic E-state index is 0.143. The van der Waals surface area contributed by atoms with Crippen molar-refractivity contribution < 1.29 is 9.47 Å². The van der Waals surface area contributed by atoms with Crippen LogP contribution in [0.1, 0.15) is 6.42 Å². The van der Waals surface area contributed by atoms with Crippen molar-refractivity contribution in [2.75, 3.05) is 13.2 Å². The fraction of sp³-hybridized carbons (Fsp3) is 0.714. The average molecular weight is 205 g/mol. The van der Waals surface area contributed by atoms with Crippen molar-refractivity contribution in [2.24, 2.45) is 0 Å². The highest BCUT2D eigenvalue weighted by Crippen LogP contribution is 2.21. The van der Waals surface area contributed by atoms with Crippen LogP contribution in [0.4, 0.5) is 0 Å². The van der Waals surface area contributed by atoms with E-state index in [4.69, 9.17) is 15.9 Å². The van der Waals surface area contributed by atoms with Crippen molar-refractivity contribution in [2.45, 2.75) is 17.5 Å². The average Bonchev–Trinajstić information content (AvgIpc) is 2.31. The molecule has 0 aromatic heterocycles. The molecule has 1 rings (SSSR count). The second kappa shape index (κ2) is 3.97. The van der Waals surface area contributed by atoms with Gasteiger partial charge in [0.1, 0.15) is 6.61 Å². The maximum Gasteiger partial charge on any atom is 0.171 e. The van der Waals surface area contributed by atoms with Gasteiger partial charge < -0.3 is 9.47 Å². The number of ether oxygens (including phenoxy) is 2. The molecule has 0 spiro atoms. The Morgan fingerprint density at radius 3 is 3.10 bits per heavy atom. The first kappa shape index (κ1) is 8.06. The maximum atomic E-state index is 5.20. The molecular formula is C7H9BrO2. The molecule has 0 radical (unpaired) electrons. The van der Waals surface area contributed by atoms with E-state index < -0.39 is 0 Å². The van der Waals surface area contributed by atoms with Crippen LogP contribution >= 0.6 is 15.9 Å². The summed E-state index contributed by atoms with van der Waals surface area (Å²) in [7, 11) is 0. The monoisotopic (exact) mass is 204 g/mol. The molecule has 0 aliphatic carbocycles. The standard InChI is InChI=1S/C7H9BrO2/c1-2-4-9-7-6(8)3-5-10-7/h1,6-7H,3-5H2/t6-,7-/m0/s1. The van der Waals surface area contributed by atoms with Gasteiger partial charge in [0.25, 0.3) is 0 Å². The third-order valence-electron chi connectivity index (χ3n) is 1.30. The van der Waals surface area contributed by atoms with Gasteiger partial charge in [-0.1, -0.05) is 21.9 Å². The van der Waals surface area contributed by atoms with E-state index in [2.05, 4.69) is 21.9 Å². The minimum Gasteiger partial charge on any atom is -0.351 e. The first-order valence-electron chi connectivity index (χ1n) is 3.15. The number of rotatable bonds is 2.